The fourth-order valence-corrected chi connectivity index (χ4v) is 2.52. The van der Waals surface area contributed by atoms with E-state index < -0.39 is 9.84 Å². The van der Waals surface area contributed by atoms with Gasteiger partial charge in [0.2, 0.25) is 0 Å². The van der Waals surface area contributed by atoms with E-state index in [9.17, 15) is 8.42 Å². The molecular formula is C6H13NO2S. The Labute approximate surface area is 61.5 Å². The van der Waals surface area contributed by atoms with Crippen molar-refractivity contribution in [2.75, 3.05) is 6.26 Å². The maximum Gasteiger partial charge on any atom is 0.150 e. The normalized spacial score (nSPS) is 34.6. The Kier molecular flexibility index (Phi) is 2.01. The summed E-state index contributed by atoms with van der Waals surface area (Å²) in [6, 6.07) is 0.111. The highest BCUT2D eigenvalue weighted by Gasteiger charge is 2.29. The molecule has 1 fully saturated rings. The summed E-state index contributed by atoms with van der Waals surface area (Å²) in [5.74, 6) is 0. The van der Waals surface area contributed by atoms with Crippen LogP contribution in [-0.2, 0) is 9.84 Å². The van der Waals surface area contributed by atoms with Crippen LogP contribution in [0.4, 0.5) is 0 Å². The van der Waals surface area contributed by atoms with Crippen LogP contribution >= 0.6 is 0 Å². The van der Waals surface area contributed by atoms with Crippen molar-refractivity contribution < 1.29 is 8.42 Å². The molecule has 0 aromatic heterocycles. The molecule has 0 unspecified atom stereocenters. The molecule has 0 aromatic carbocycles. The van der Waals surface area contributed by atoms with Crippen LogP contribution in [0.25, 0.3) is 0 Å². The van der Waals surface area contributed by atoms with E-state index in [1.807, 2.05) is 0 Å². The first-order valence-corrected chi connectivity index (χ1v) is 5.40. The molecule has 0 spiro atoms. The van der Waals surface area contributed by atoms with Crippen LogP contribution in [0.2, 0.25) is 0 Å². The smallest absolute Gasteiger partial charge is 0.150 e. The number of hydrogen-bond donors (Lipinski definition) is 1. The van der Waals surface area contributed by atoms with E-state index in [-0.39, 0.29) is 11.3 Å². The lowest BCUT2D eigenvalue weighted by atomic mass is 10.3. The Morgan fingerprint density at radius 3 is 2.20 bits per heavy atom. The quantitative estimate of drug-likeness (QED) is 0.587. The molecule has 1 saturated carbocycles. The third kappa shape index (κ3) is 1.70. The van der Waals surface area contributed by atoms with Crippen LogP contribution in [0.5, 0.6) is 0 Å². The summed E-state index contributed by atoms with van der Waals surface area (Å²) >= 11 is 0. The zero-order valence-corrected chi connectivity index (χ0v) is 6.89. The Hall–Kier alpha value is -0.0900. The van der Waals surface area contributed by atoms with Crippen molar-refractivity contribution in [3.8, 4) is 0 Å². The van der Waals surface area contributed by atoms with Gasteiger partial charge in [-0.15, -0.1) is 0 Å². The predicted octanol–water partition coefficient (Wildman–Crippen LogP) is -0.0892. The van der Waals surface area contributed by atoms with Gasteiger partial charge in [-0.25, -0.2) is 8.42 Å². The first-order chi connectivity index (χ1) is 4.50. The standard InChI is InChI=1S/C6H13NO2S/c1-10(8,9)6-3-2-5(7)4-6/h5-6H,2-4,7H2,1H3/t5-,6-/m0/s1. The van der Waals surface area contributed by atoms with E-state index in [2.05, 4.69) is 0 Å². The second kappa shape index (κ2) is 2.51. The zero-order chi connectivity index (χ0) is 7.78. The van der Waals surface area contributed by atoms with Gasteiger partial charge in [0, 0.05) is 12.3 Å². The molecule has 0 radical (unpaired) electrons. The van der Waals surface area contributed by atoms with Gasteiger partial charge in [0.05, 0.1) is 5.25 Å². The number of rotatable bonds is 1. The van der Waals surface area contributed by atoms with E-state index in [0.717, 1.165) is 12.8 Å². The minimum atomic E-state index is -2.82. The fourth-order valence-electron chi connectivity index (χ4n) is 1.36. The summed E-state index contributed by atoms with van der Waals surface area (Å²) in [6.45, 7) is 0. The maximum absolute atomic E-state index is 10.9. The van der Waals surface area contributed by atoms with Crippen molar-refractivity contribution in [1.29, 1.82) is 0 Å². The number of sulfone groups is 1. The van der Waals surface area contributed by atoms with Crippen molar-refractivity contribution in [2.45, 2.75) is 30.6 Å². The molecule has 0 aliphatic heterocycles. The average molecular weight is 163 g/mol. The Bertz CT molecular complexity index is 210. The number of nitrogens with two attached hydrogens (primary N) is 1. The molecule has 10 heavy (non-hydrogen) atoms. The first-order valence-electron chi connectivity index (χ1n) is 3.44. The summed E-state index contributed by atoms with van der Waals surface area (Å²) in [4.78, 5) is 0. The van der Waals surface area contributed by atoms with Gasteiger partial charge >= 0.3 is 0 Å². The molecule has 3 nitrogen and oxygen atoms in total. The van der Waals surface area contributed by atoms with Crippen LogP contribution in [0.3, 0.4) is 0 Å². The molecule has 4 heteroatoms. The van der Waals surface area contributed by atoms with Gasteiger partial charge in [-0.1, -0.05) is 0 Å². The molecule has 1 aliphatic carbocycles. The highest BCUT2D eigenvalue weighted by atomic mass is 32.2. The van der Waals surface area contributed by atoms with Crippen LogP contribution in [0.1, 0.15) is 19.3 Å². The molecule has 1 aliphatic rings. The monoisotopic (exact) mass is 163 g/mol. The van der Waals surface area contributed by atoms with Crippen molar-refractivity contribution in [1.82, 2.24) is 0 Å². The Morgan fingerprint density at radius 1 is 1.40 bits per heavy atom. The topological polar surface area (TPSA) is 60.2 Å². The summed E-state index contributed by atoms with van der Waals surface area (Å²) in [6.07, 6.45) is 3.55. The van der Waals surface area contributed by atoms with Crippen molar-refractivity contribution >= 4 is 9.84 Å². The molecule has 0 bridgehead atoms. The van der Waals surface area contributed by atoms with E-state index in [1.54, 1.807) is 0 Å². The lowest BCUT2D eigenvalue weighted by Gasteiger charge is -2.04. The average Bonchev–Trinajstić information content (AvgIpc) is 2.11. The van der Waals surface area contributed by atoms with Gasteiger partial charge in [0.25, 0.3) is 0 Å². The van der Waals surface area contributed by atoms with Crippen molar-refractivity contribution in [3.63, 3.8) is 0 Å². The molecule has 0 aromatic rings. The Morgan fingerprint density at radius 2 is 2.00 bits per heavy atom. The van der Waals surface area contributed by atoms with E-state index in [4.69, 9.17) is 5.73 Å². The molecule has 1 rings (SSSR count). The van der Waals surface area contributed by atoms with Gasteiger partial charge < -0.3 is 5.73 Å². The van der Waals surface area contributed by atoms with E-state index >= 15 is 0 Å². The second-order valence-electron chi connectivity index (χ2n) is 3.02. The van der Waals surface area contributed by atoms with Crippen LogP contribution < -0.4 is 5.73 Å². The highest BCUT2D eigenvalue weighted by molar-refractivity contribution is 7.91. The maximum atomic E-state index is 10.9. The molecule has 2 atom stereocenters. The first kappa shape index (κ1) is 8.01. The van der Waals surface area contributed by atoms with Gasteiger partial charge in [-0.3, -0.25) is 0 Å². The predicted molar refractivity (Wildman–Crippen MR) is 40.5 cm³/mol. The lowest BCUT2D eigenvalue weighted by Crippen LogP contribution is -2.20. The highest BCUT2D eigenvalue weighted by Crippen LogP contribution is 2.22. The van der Waals surface area contributed by atoms with Crippen molar-refractivity contribution in [2.24, 2.45) is 5.73 Å². The summed E-state index contributed by atoms with van der Waals surface area (Å²) in [7, 11) is -2.82. The lowest BCUT2D eigenvalue weighted by molar-refractivity contribution is 0.584. The largest absolute Gasteiger partial charge is 0.328 e. The third-order valence-electron chi connectivity index (χ3n) is 2.03. The van der Waals surface area contributed by atoms with E-state index in [1.165, 1.54) is 6.26 Å². The molecule has 0 amide bonds. The van der Waals surface area contributed by atoms with Crippen molar-refractivity contribution in [3.05, 3.63) is 0 Å². The van der Waals surface area contributed by atoms with Gasteiger partial charge in [-0.05, 0) is 19.3 Å². The summed E-state index contributed by atoms with van der Waals surface area (Å²) in [5.41, 5.74) is 5.56. The summed E-state index contributed by atoms with van der Waals surface area (Å²) in [5, 5.41) is -0.164. The van der Waals surface area contributed by atoms with Crippen LogP contribution in [-0.4, -0.2) is 26.0 Å². The third-order valence-corrected chi connectivity index (χ3v) is 3.67. The zero-order valence-electron chi connectivity index (χ0n) is 6.08. The van der Waals surface area contributed by atoms with Gasteiger partial charge in [0.15, 0.2) is 0 Å². The fraction of sp³-hybridized carbons (Fsp3) is 1.00. The van der Waals surface area contributed by atoms with Gasteiger partial charge in [0.1, 0.15) is 9.84 Å². The summed E-state index contributed by atoms with van der Waals surface area (Å²) < 4.78 is 21.8. The minimum Gasteiger partial charge on any atom is -0.328 e. The second-order valence-corrected chi connectivity index (χ2v) is 5.35. The van der Waals surface area contributed by atoms with E-state index in [0.29, 0.717) is 6.42 Å². The van der Waals surface area contributed by atoms with Crippen LogP contribution in [0.15, 0.2) is 0 Å². The minimum absolute atomic E-state index is 0.111. The molecule has 0 heterocycles. The SMILES string of the molecule is CS(=O)(=O)[C@H]1CC[C@H](N)C1. The Balaban J connectivity index is 2.62. The number of hydrogen-bond acceptors (Lipinski definition) is 3. The molecular weight excluding hydrogens is 150 g/mol. The van der Waals surface area contributed by atoms with Crippen LogP contribution in [0, 0.1) is 0 Å². The van der Waals surface area contributed by atoms with Gasteiger partial charge in [-0.2, -0.15) is 0 Å². The molecule has 0 saturated heterocycles. The molecule has 60 valence electrons. The molecule has 2 N–H and O–H groups in total.